The summed E-state index contributed by atoms with van der Waals surface area (Å²) in [6.07, 6.45) is 0. The van der Waals surface area contributed by atoms with Crippen molar-refractivity contribution < 1.29 is 19.1 Å². The van der Waals surface area contributed by atoms with Crippen LogP contribution in [0.1, 0.15) is 41.5 Å². The van der Waals surface area contributed by atoms with Gasteiger partial charge in [-0.05, 0) is 18.9 Å². The largest absolute Gasteiger partial charge is 0.464 e. The SMILES string of the molecule is CC(C)C(C)C(=O)OCCN(C)CCOC(=O)C(C)C(C)C. The molecule has 0 N–H and O–H groups in total. The van der Waals surface area contributed by atoms with Gasteiger partial charge in [-0.2, -0.15) is 0 Å². The van der Waals surface area contributed by atoms with Gasteiger partial charge in [-0.3, -0.25) is 14.5 Å². The van der Waals surface area contributed by atoms with Gasteiger partial charge >= 0.3 is 11.9 Å². The molecular formula is C17H33NO4. The maximum atomic E-state index is 11.7. The Bertz CT molecular complexity index is 310. The minimum absolute atomic E-state index is 0.0798. The molecule has 0 saturated heterocycles. The zero-order chi connectivity index (χ0) is 17.3. The van der Waals surface area contributed by atoms with Crippen molar-refractivity contribution in [2.75, 3.05) is 33.4 Å². The maximum absolute atomic E-state index is 11.7. The molecular weight excluding hydrogens is 282 g/mol. The Morgan fingerprint density at radius 1 is 0.773 bits per heavy atom. The third kappa shape index (κ3) is 8.37. The van der Waals surface area contributed by atoms with Crippen LogP contribution in [0.15, 0.2) is 0 Å². The van der Waals surface area contributed by atoms with E-state index in [9.17, 15) is 9.59 Å². The molecule has 0 heterocycles. The van der Waals surface area contributed by atoms with Crippen LogP contribution in [0.25, 0.3) is 0 Å². The van der Waals surface area contributed by atoms with Crippen molar-refractivity contribution in [2.24, 2.45) is 23.7 Å². The molecule has 0 rings (SSSR count). The van der Waals surface area contributed by atoms with E-state index in [-0.39, 0.29) is 35.6 Å². The molecule has 0 aromatic carbocycles. The highest BCUT2D eigenvalue weighted by molar-refractivity contribution is 5.72. The lowest BCUT2D eigenvalue weighted by Gasteiger charge is -2.19. The van der Waals surface area contributed by atoms with Crippen LogP contribution >= 0.6 is 0 Å². The Labute approximate surface area is 135 Å². The Kier molecular flexibility index (Phi) is 10.1. The highest BCUT2D eigenvalue weighted by Gasteiger charge is 2.19. The number of nitrogens with zero attached hydrogens (tertiary/aromatic N) is 1. The number of ether oxygens (including phenoxy) is 2. The van der Waals surface area contributed by atoms with Crippen LogP contribution in [-0.2, 0) is 19.1 Å². The van der Waals surface area contributed by atoms with Crippen molar-refractivity contribution in [2.45, 2.75) is 41.5 Å². The first kappa shape index (κ1) is 20.9. The summed E-state index contributed by atoms with van der Waals surface area (Å²) in [4.78, 5) is 25.4. The minimum Gasteiger partial charge on any atom is -0.464 e. The summed E-state index contributed by atoms with van der Waals surface area (Å²) < 4.78 is 10.5. The normalized spacial score (nSPS) is 14.3. The Hall–Kier alpha value is -1.10. The van der Waals surface area contributed by atoms with Gasteiger partial charge in [0.2, 0.25) is 0 Å². The van der Waals surface area contributed by atoms with Gasteiger partial charge in [0.25, 0.3) is 0 Å². The Morgan fingerprint density at radius 3 is 1.36 bits per heavy atom. The van der Waals surface area contributed by atoms with Gasteiger partial charge in [0.15, 0.2) is 0 Å². The molecule has 0 spiro atoms. The molecule has 0 aromatic rings. The average Bonchev–Trinajstić information content (AvgIpc) is 2.44. The van der Waals surface area contributed by atoms with Gasteiger partial charge in [-0.15, -0.1) is 0 Å². The van der Waals surface area contributed by atoms with E-state index in [2.05, 4.69) is 0 Å². The molecule has 0 amide bonds. The third-order valence-corrected chi connectivity index (χ3v) is 4.18. The lowest BCUT2D eigenvalue weighted by molar-refractivity contribution is -0.150. The van der Waals surface area contributed by atoms with E-state index >= 15 is 0 Å². The van der Waals surface area contributed by atoms with Crippen molar-refractivity contribution in [1.29, 1.82) is 0 Å². The number of esters is 2. The van der Waals surface area contributed by atoms with E-state index in [1.54, 1.807) is 0 Å². The van der Waals surface area contributed by atoms with Crippen LogP contribution in [0, 0.1) is 23.7 Å². The number of carbonyl (C=O) groups is 2. The van der Waals surface area contributed by atoms with Gasteiger partial charge in [-0.1, -0.05) is 41.5 Å². The molecule has 130 valence electrons. The fourth-order valence-corrected chi connectivity index (χ4v) is 1.52. The molecule has 0 aliphatic carbocycles. The van der Waals surface area contributed by atoms with Crippen molar-refractivity contribution in [3.8, 4) is 0 Å². The third-order valence-electron chi connectivity index (χ3n) is 4.18. The number of rotatable bonds is 10. The highest BCUT2D eigenvalue weighted by Crippen LogP contribution is 2.12. The Morgan fingerprint density at radius 2 is 1.09 bits per heavy atom. The van der Waals surface area contributed by atoms with Crippen molar-refractivity contribution >= 4 is 11.9 Å². The standard InChI is InChI=1S/C17H33NO4/c1-12(2)14(5)16(19)21-10-8-18(7)9-11-22-17(20)15(6)13(3)4/h12-15H,8-11H2,1-7H3. The number of hydrogen-bond donors (Lipinski definition) is 0. The highest BCUT2D eigenvalue weighted by atomic mass is 16.5. The first-order valence-electron chi connectivity index (χ1n) is 8.18. The van der Waals surface area contributed by atoms with Gasteiger partial charge < -0.3 is 9.47 Å². The zero-order valence-corrected chi connectivity index (χ0v) is 15.2. The van der Waals surface area contributed by atoms with E-state index in [1.165, 1.54) is 0 Å². The molecule has 0 radical (unpaired) electrons. The predicted molar refractivity (Wildman–Crippen MR) is 87.4 cm³/mol. The molecule has 2 unspecified atom stereocenters. The molecule has 22 heavy (non-hydrogen) atoms. The summed E-state index contributed by atoms with van der Waals surface area (Å²) in [5, 5.41) is 0. The second-order valence-corrected chi connectivity index (χ2v) is 6.70. The number of hydrogen-bond acceptors (Lipinski definition) is 5. The molecule has 0 aromatic heterocycles. The Balaban J connectivity index is 3.81. The topological polar surface area (TPSA) is 55.8 Å². The van der Waals surface area contributed by atoms with Gasteiger partial charge in [0.1, 0.15) is 13.2 Å². The number of likely N-dealkylation sites (N-methyl/N-ethyl adjacent to an activating group) is 1. The van der Waals surface area contributed by atoms with E-state index in [0.29, 0.717) is 26.3 Å². The van der Waals surface area contributed by atoms with Crippen LogP contribution in [-0.4, -0.2) is 50.2 Å². The van der Waals surface area contributed by atoms with E-state index in [4.69, 9.17) is 9.47 Å². The van der Waals surface area contributed by atoms with E-state index in [0.717, 1.165) is 0 Å². The van der Waals surface area contributed by atoms with Gasteiger partial charge in [0.05, 0.1) is 11.8 Å². The lowest BCUT2D eigenvalue weighted by Crippen LogP contribution is -2.31. The van der Waals surface area contributed by atoms with Crippen LogP contribution in [0.5, 0.6) is 0 Å². The second-order valence-electron chi connectivity index (χ2n) is 6.70. The first-order valence-corrected chi connectivity index (χ1v) is 8.18. The van der Waals surface area contributed by atoms with E-state index < -0.39 is 0 Å². The molecule has 5 heteroatoms. The van der Waals surface area contributed by atoms with Crippen LogP contribution in [0.2, 0.25) is 0 Å². The summed E-state index contributed by atoms with van der Waals surface area (Å²) in [6.45, 7) is 13.8. The quantitative estimate of drug-likeness (QED) is 0.580. The summed E-state index contributed by atoms with van der Waals surface area (Å²) in [5.74, 6) is 0.105. The molecule has 5 nitrogen and oxygen atoms in total. The van der Waals surface area contributed by atoms with Crippen molar-refractivity contribution in [3.05, 3.63) is 0 Å². The number of carbonyl (C=O) groups excluding carboxylic acids is 2. The fraction of sp³-hybridized carbons (Fsp3) is 0.882. The average molecular weight is 315 g/mol. The van der Waals surface area contributed by atoms with Gasteiger partial charge in [-0.25, -0.2) is 0 Å². The second kappa shape index (κ2) is 10.6. The molecule has 0 fully saturated rings. The lowest BCUT2D eigenvalue weighted by atomic mass is 9.99. The van der Waals surface area contributed by atoms with Crippen LogP contribution in [0.3, 0.4) is 0 Å². The molecule has 0 bridgehead atoms. The summed E-state index contributed by atoms with van der Waals surface area (Å²) in [7, 11) is 1.92. The van der Waals surface area contributed by atoms with Crippen LogP contribution < -0.4 is 0 Å². The predicted octanol–water partition coefficient (Wildman–Crippen LogP) is 2.59. The maximum Gasteiger partial charge on any atom is 0.308 e. The zero-order valence-electron chi connectivity index (χ0n) is 15.2. The summed E-state index contributed by atoms with van der Waals surface area (Å²) >= 11 is 0. The van der Waals surface area contributed by atoms with Crippen molar-refractivity contribution in [3.63, 3.8) is 0 Å². The first-order chi connectivity index (χ1) is 10.2. The fourth-order valence-electron chi connectivity index (χ4n) is 1.52. The summed E-state index contributed by atoms with van der Waals surface area (Å²) in [6, 6.07) is 0. The molecule has 2 atom stereocenters. The smallest absolute Gasteiger partial charge is 0.308 e. The van der Waals surface area contributed by atoms with Crippen LogP contribution in [0.4, 0.5) is 0 Å². The molecule has 0 aliphatic rings. The monoisotopic (exact) mass is 315 g/mol. The minimum atomic E-state index is -0.152. The van der Waals surface area contributed by atoms with E-state index in [1.807, 2.05) is 53.5 Å². The van der Waals surface area contributed by atoms with Gasteiger partial charge in [0, 0.05) is 13.1 Å². The summed E-state index contributed by atoms with van der Waals surface area (Å²) in [5.41, 5.74) is 0. The van der Waals surface area contributed by atoms with Crippen molar-refractivity contribution in [1.82, 2.24) is 4.90 Å². The molecule has 0 saturated carbocycles. The molecule has 0 aliphatic heterocycles.